The molecule has 3 rings (SSSR count). The van der Waals surface area contributed by atoms with E-state index in [9.17, 15) is 4.79 Å². The van der Waals surface area contributed by atoms with E-state index in [1.807, 2.05) is 6.92 Å². The maximum absolute atomic E-state index is 12.3. The average molecular weight is 266 g/mol. The van der Waals surface area contributed by atoms with Crippen molar-refractivity contribution in [2.45, 2.75) is 70.2 Å². The van der Waals surface area contributed by atoms with Gasteiger partial charge in [-0.25, -0.2) is 0 Å². The predicted molar refractivity (Wildman–Crippen MR) is 73.6 cm³/mol. The van der Waals surface area contributed by atoms with Gasteiger partial charge < -0.3 is 9.64 Å². The molecule has 1 N–H and O–H groups in total. The maximum atomic E-state index is 12.3. The van der Waals surface area contributed by atoms with E-state index < -0.39 is 0 Å². The van der Waals surface area contributed by atoms with Gasteiger partial charge in [-0.05, 0) is 44.9 Å². The molecule has 1 amide bonds. The zero-order valence-electron chi connectivity index (χ0n) is 11.9. The van der Waals surface area contributed by atoms with Crippen LogP contribution >= 0.6 is 0 Å². The molecule has 1 aliphatic carbocycles. The Bertz CT molecular complexity index is 322. The fourth-order valence-corrected chi connectivity index (χ4v) is 3.87. The lowest BCUT2D eigenvalue weighted by atomic mass is 10.0. The van der Waals surface area contributed by atoms with Gasteiger partial charge >= 0.3 is 0 Å². The van der Waals surface area contributed by atoms with Crippen LogP contribution in [0.15, 0.2) is 0 Å². The summed E-state index contributed by atoms with van der Waals surface area (Å²) in [6.45, 7) is 3.76. The topological polar surface area (TPSA) is 41.6 Å². The standard InChI is InChI=1S/C15H26N2O2/c1-11-15(18)17(9-8-13-7-4-10-19-13)14(16-11)12-5-2-3-6-12/h11-14,16H,2-10H2,1H3. The van der Waals surface area contributed by atoms with E-state index in [2.05, 4.69) is 10.2 Å². The van der Waals surface area contributed by atoms with E-state index in [-0.39, 0.29) is 18.1 Å². The highest BCUT2D eigenvalue weighted by atomic mass is 16.5. The minimum atomic E-state index is -0.00454. The molecule has 2 saturated heterocycles. The lowest BCUT2D eigenvalue weighted by Crippen LogP contribution is -2.43. The van der Waals surface area contributed by atoms with Gasteiger partial charge in [0, 0.05) is 13.2 Å². The first kappa shape index (κ1) is 13.4. The summed E-state index contributed by atoms with van der Waals surface area (Å²) in [5.74, 6) is 0.952. The predicted octanol–water partition coefficient (Wildman–Crippen LogP) is 1.89. The highest BCUT2D eigenvalue weighted by Crippen LogP contribution is 2.32. The number of ether oxygens (including phenoxy) is 1. The van der Waals surface area contributed by atoms with Crippen LogP contribution in [0.2, 0.25) is 0 Å². The Balaban J connectivity index is 1.59. The lowest BCUT2D eigenvalue weighted by Gasteiger charge is -2.29. The molecule has 2 aliphatic heterocycles. The highest BCUT2D eigenvalue weighted by molar-refractivity contribution is 5.83. The summed E-state index contributed by atoms with van der Waals surface area (Å²) in [5, 5.41) is 3.51. The molecule has 4 nitrogen and oxygen atoms in total. The van der Waals surface area contributed by atoms with Crippen molar-refractivity contribution in [2.75, 3.05) is 13.2 Å². The zero-order chi connectivity index (χ0) is 13.2. The van der Waals surface area contributed by atoms with Gasteiger partial charge in [0.25, 0.3) is 0 Å². The smallest absolute Gasteiger partial charge is 0.240 e. The fourth-order valence-electron chi connectivity index (χ4n) is 3.87. The summed E-state index contributed by atoms with van der Waals surface area (Å²) in [7, 11) is 0. The molecular formula is C15H26N2O2. The van der Waals surface area contributed by atoms with Crippen molar-refractivity contribution < 1.29 is 9.53 Å². The van der Waals surface area contributed by atoms with Gasteiger partial charge in [-0.15, -0.1) is 0 Å². The summed E-state index contributed by atoms with van der Waals surface area (Å²) < 4.78 is 5.68. The molecular weight excluding hydrogens is 240 g/mol. The largest absolute Gasteiger partial charge is 0.378 e. The van der Waals surface area contributed by atoms with E-state index in [1.165, 1.54) is 38.5 Å². The van der Waals surface area contributed by atoms with Gasteiger partial charge in [-0.2, -0.15) is 0 Å². The van der Waals surface area contributed by atoms with Gasteiger partial charge in [0.2, 0.25) is 5.91 Å². The van der Waals surface area contributed by atoms with Crippen molar-refractivity contribution in [3.05, 3.63) is 0 Å². The van der Waals surface area contributed by atoms with Crippen molar-refractivity contribution in [2.24, 2.45) is 5.92 Å². The quantitative estimate of drug-likeness (QED) is 0.845. The SMILES string of the molecule is CC1NC(C2CCCC2)N(CCC2CCCO2)C1=O. The maximum Gasteiger partial charge on any atom is 0.240 e. The molecule has 0 aromatic heterocycles. The Kier molecular flexibility index (Phi) is 4.08. The third-order valence-electron chi connectivity index (χ3n) is 4.97. The third-order valence-corrected chi connectivity index (χ3v) is 4.97. The second-order valence-electron chi connectivity index (χ2n) is 6.33. The van der Waals surface area contributed by atoms with Crippen LogP contribution in [-0.4, -0.2) is 42.3 Å². The van der Waals surface area contributed by atoms with Crippen LogP contribution < -0.4 is 5.32 Å². The molecule has 0 aromatic carbocycles. The second-order valence-corrected chi connectivity index (χ2v) is 6.33. The van der Waals surface area contributed by atoms with E-state index >= 15 is 0 Å². The second kappa shape index (κ2) is 5.80. The first-order valence-electron chi connectivity index (χ1n) is 7.94. The van der Waals surface area contributed by atoms with Crippen LogP contribution in [0.5, 0.6) is 0 Å². The Morgan fingerprint density at radius 1 is 1.26 bits per heavy atom. The normalized spacial score (nSPS) is 36.6. The van der Waals surface area contributed by atoms with Crippen molar-refractivity contribution in [1.29, 1.82) is 0 Å². The molecule has 3 atom stereocenters. The molecule has 3 unspecified atom stereocenters. The lowest BCUT2D eigenvalue weighted by molar-refractivity contribution is -0.130. The number of nitrogens with one attached hydrogen (secondary N) is 1. The van der Waals surface area contributed by atoms with Crippen molar-refractivity contribution in [3.63, 3.8) is 0 Å². The molecule has 3 fully saturated rings. The van der Waals surface area contributed by atoms with Gasteiger partial charge in [-0.1, -0.05) is 12.8 Å². The van der Waals surface area contributed by atoms with Gasteiger partial charge in [-0.3, -0.25) is 10.1 Å². The number of hydrogen-bond acceptors (Lipinski definition) is 3. The van der Waals surface area contributed by atoms with Gasteiger partial charge in [0.1, 0.15) is 0 Å². The van der Waals surface area contributed by atoms with Crippen LogP contribution in [0.3, 0.4) is 0 Å². The van der Waals surface area contributed by atoms with E-state index in [0.29, 0.717) is 12.0 Å². The Morgan fingerprint density at radius 2 is 2.05 bits per heavy atom. The third kappa shape index (κ3) is 2.79. The van der Waals surface area contributed by atoms with Crippen LogP contribution in [0.1, 0.15) is 51.9 Å². The van der Waals surface area contributed by atoms with Crippen molar-refractivity contribution in [1.82, 2.24) is 10.2 Å². The monoisotopic (exact) mass is 266 g/mol. The number of hydrogen-bond donors (Lipinski definition) is 1. The van der Waals surface area contributed by atoms with Crippen molar-refractivity contribution >= 4 is 5.91 Å². The van der Waals surface area contributed by atoms with Gasteiger partial charge in [0.15, 0.2) is 0 Å². The first-order valence-corrected chi connectivity index (χ1v) is 7.94. The number of rotatable bonds is 4. The van der Waals surface area contributed by atoms with Crippen molar-refractivity contribution in [3.8, 4) is 0 Å². The fraction of sp³-hybridized carbons (Fsp3) is 0.933. The average Bonchev–Trinajstić information content (AvgIpc) is 3.12. The molecule has 4 heteroatoms. The molecule has 0 spiro atoms. The molecule has 19 heavy (non-hydrogen) atoms. The van der Waals surface area contributed by atoms with Crippen LogP contribution in [0.4, 0.5) is 0 Å². The number of carbonyl (C=O) groups is 1. The summed E-state index contributed by atoms with van der Waals surface area (Å²) in [6.07, 6.45) is 9.21. The highest BCUT2D eigenvalue weighted by Gasteiger charge is 2.41. The zero-order valence-corrected chi connectivity index (χ0v) is 11.9. The number of carbonyl (C=O) groups excluding carboxylic acids is 1. The summed E-state index contributed by atoms with van der Waals surface area (Å²) in [4.78, 5) is 14.4. The molecule has 0 bridgehead atoms. The van der Waals surface area contributed by atoms with E-state index in [0.717, 1.165) is 19.6 Å². The van der Waals surface area contributed by atoms with Gasteiger partial charge in [0.05, 0.1) is 18.3 Å². The Morgan fingerprint density at radius 3 is 2.74 bits per heavy atom. The minimum Gasteiger partial charge on any atom is -0.378 e. The minimum absolute atomic E-state index is 0.00454. The van der Waals surface area contributed by atoms with Crippen LogP contribution in [-0.2, 0) is 9.53 Å². The van der Waals surface area contributed by atoms with E-state index in [1.54, 1.807) is 0 Å². The number of amides is 1. The number of nitrogens with zero attached hydrogens (tertiary/aromatic N) is 1. The summed E-state index contributed by atoms with van der Waals surface area (Å²) >= 11 is 0. The Labute approximate surface area is 115 Å². The molecule has 0 aromatic rings. The van der Waals surface area contributed by atoms with Crippen LogP contribution in [0.25, 0.3) is 0 Å². The molecule has 1 saturated carbocycles. The summed E-state index contributed by atoms with van der Waals surface area (Å²) in [5.41, 5.74) is 0. The summed E-state index contributed by atoms with van der Waals surface area (Å²) in [6, 6.07) is -0.00454. The first-order chi connectivity index (χ1) is 9.25. The van der Waals surface area contributed by atoms with E-state index in [4.69, 9.17) is 4.74 Å². The molecule has 108 valence electrons. The Hall–Kier alpha value is -0.610. The molecule has 0 radical (unpaired) electrons. The van der Waals surface area contributed by atoms with Crippen LogP contribution in [0, 0.1) is 5.92 Å². The molecule has 3 aliphatic rings. The molecule has 2 heterocycles.